The molecule has 0 bridgehead atoms. The number of pyridine rings is 1. The highest BCUT2D eigenvalue weighted by Crippen LogP contribution is 2.33. The number of nitrogens with one attached hydrogen (secondary N) is 1. The summed E-state index contributed by atoms with van der Waals surface area (Å²) >= 11 is 0. The lowest BCUT2D eigenvalue weighted by Gasteiger charge is -2.21. The molecule has 150 valence electrons. The molecule has 0 fully saturated rings. The van der Waals surface area contributed by atoms with Crippen molar-refractivity contribution in [2.24, 2.45) is 15.9 Å². The molecule has 8 heteroatoms. The van der Waals surface area contributed by atoms with Gasteiger partial charge in [0.05, 0.1) is 17.5 Å². The average molecular weight is 412 g/mol. The van der Waals surface area contributed by atoms with Crippen molar-refractivity contribution in [3.8, 4) is 0 Å². The van der Waals surface area contributed by atoms with Crippen molar-refractivity contribution in [3.63, 3.8) is 0 Å². The fourth-order valence-electron chi connectivity index (χ4n) is 2.81. The maximum absolute atomic E-state index is 12.4. The number of hydrogen-bond donors (Lipinski definition) is 3. The molecule has 2 aromatic carbocycles. The van der Waals surface area contributed by atoms with E-state index in [2.05, 4.69) is 15.1 Å². The second-order valence-corrected chi connectivity index (χ2v) is 9.86. The number of hydrogen-bond acceptors (Lipinski definition) is 5. The molecule has 4 N–H and O–H groups in total. The van der Waals surface area contributed by atoms with E-state index < -0.39 is 15.0 Å². The predicted octanol–water partition coefficient (Wildman–Crippen LogP) is 3.43. The lowest BCUT2D eigenvalue weighted by molar-refractivity contribution is 0.469. The van der Waals surface area contributed by atoms with Crippen LogP contribution in [0.4, 0.5) is 5.69 Å². The number of benzene rings is 2. The third kappa shape index (κ3) is 4.18. The van der Waals surface area contributed by atoms with Gasteiger partial charge < -0.3 is 10.8 Å². The summed E-state index contributed by atoms with van der Waals surface area (Å²) < 4.78 is 21.1. The van der Waals surface area contributed by atoms with E-state index in [0.29, 0.717) is 11.3 Å². The van der Waals surface area contributed by atoms with Crippen LogP contribution in [0.3, 0.4) is 0 Å². The minimum Gasteiger partial charge on any atom is -0.323 e. The van der Waals surface area contributed by atoms with Crippen LogP contribution in [0.25, 0.3) is 10.9 Å². The zero-order chi connectivity index (χ0) is 21.2. The first kappa shape index (κ1) is 20.6. The lowest BCUT2D eigenvalue weighted by Crippen LogP contribution is -2.33. The van der Waals surface area contributed by atoms with Crippen LogP contribution in [0.1, 0.15) is 25.0 Å². The van der Waals surface area contributed by atoms with Gasteiger partial charge in [-0.15, -0.1) is 0 Å². The normalized spacial score (nSPS) is 15.0. The molecular formula is C21H23N4O3S+. The van der Waals surface area contributed by atoms with Crippen LogP contribution in [0.2, 0.25) is 0 Å². The lowest BCUT2D eigenvalue weighted by atomic mass is 10.0. The summed E-state index contributed by atoms with van der Waals surface area (Å²) in [5.74, 6) is 5.50. The number of nitrogens with zero attached hydrogens (tertiary/aromatic N) is 2. The number of para-hydroxylation sites is 1. The molecule has 0 saturated carbocycles. The maximum atomic E-state index is 12.4. The Morgan fingerprint density at radius 1 is 1.17 bits per heavy atom. The second kappa shape index (κ2) is 7.73. The predicted molar refractivity (Wildman–Crippen MR) is 120 cm³/mol. The molecule has 7 nitrogen and oxygen atoms in total. The first-order valence-corrected chi connectivity index (χ1v) is 10.8. The number of aromatic amines is 1. The molecule has 1 unspecified atom stereocenters. The van der Waals surface area contributed by atoms with Crippen molar-refractivity contribution in [2.45, 2.75) is 18.6 Å². The minimum atomic E-state index is -3.02. The molecule has 1 heterocycles. The fourth-order valence-corrected chi connectivity index (χ4v) is 3.39. The topological polar surface area (TPSA) is 121 Å². The standard InChI is InChI=1S/C21H22N4O3S/c1-21(2,29(3,27)28)15-8-10-16(11-9-15)23-13-19(25-22)17-12-14-6-4-5-7-18(14)24-20(17)26/h4-13H,1-3H3,(H3-,22,23,24,25,26,27,28)/p+1. The molecule has 0 amide bonds. The van der Waals surface area contributed by atoms with Gasteiger partial charge in [0.2, 0.25) is 10.2 Å². The highest BCUT2D eigenvalue weighted by atomic mass is 32.3. The van der Waals surface area contributed by atoms with Crippen molar-refractivity contribution in [1.82, 2.24) is 4.98 Å². The highest BCUT2D eigenvalue weighted by Gasteiger charge is 2.42. The van der Waals surface area contributed by atoms with Crippen LogP contribution in [0, 0.1) is 0 Å². The van der Waals surface area contributed by atoms with Crippen molar-refractivity contribution in [2.75, 3.05) is 6.26 Å². The van der Waals surface area contributed by atoms with Crippen molar-refractivity contribution < 1.29 is 8.76 Å². The summed E-state index contributed by atoms with van der Waals surface area (Å²) in [5.41, 5.74) is 2.31. The van der Waals surface area contributed by atoms with Crippen LogP contribution in [0.5, 0.6) is 0 Å². The van der Waals surface area contributed by atoms with Crippen molar-refractivity contribution in [3.05, 3.63) is 76.1 Å². The molecule has 0 radical (unpaired) electrons. The van der Waals surface area contributed by atoms with Gasteiger partial charge in [-0.05, 0) is 43.5 Å². The van der Waals surface area contributed by atoms with Crippen LogP contribution in [-0.4, -0.2) is 27.7 Å². The van der Waals surface area contributed by atoms with E-state index in [1.54, 1.807) is 44.2 Å². The van der Waals surface area contributed by atoms with Crippen molar-refractivity contribution >= 4 is 38.7 Å². The van der Waals surface area contributed by atoms with Gasteiger partial charge in [0, 0.05) is 11.1 Å². The number of rotatable bonds is 5. The van der Waals surface area contributed by atoms with Gasteiger partial charge in [-0.25, -0.2) is 0 Å². The molecule has 0 spiro atoms. The number of H-pyrrole nitrogens is 1. The fraction of sp³-hybridized carbons (Fsp3) is 0.190. The summed E-state index contributed by atoms with van der Waals surface area (Å²) in [6.07, 6.45) is 2.75. The van der Waals surface area contributed by atoms with E-state index in [-0.39, 0.29) is 11.3 Å². The molecule has 1 atom stereocenters. The van der Waals surface area contributed by atoms with Crippen molar-refractivity contribution in [1.29, 1.82) is 0 Å². The molecule has 3 aromatic rings. The van der Waals surface area contributed by atoms with Gasteiger partial charge in [-0.3, -0.25) is 9.79 Å². The van der Waals surface area contributed by atoms with Crippen LogP contribution in [0.15, 0.2) is 69.5 Å². The summed E-state index contributed by atoms with van der Waals surface area (Å²) in [6.45, 7) is 3.44. The van der Waals surface area contributed by atoms with E-state index in [9.17, 15) is 13.6 Å². The Morgan fingerprint density at radius 3 is 2.45 bits per heavy atom. The first-order valence-electron chi connectivity index (χ1n) is 8.89. The Kier molecular flexibility index (Phi) is 5.50. The molecule has 1 aromatic heterocycles. The summed E-state index contributed by atoms with van der Waals surface area (Å²) in [5, 5.41) is 4.56. The second-order valence-electron chi connectivity index (χ2n) is 7.23. The van der Waals surface area contributed by atoms with Gasteiger partial charge >= 0.3 is 0 Å². The van der Waals surface area contributed by atoms with Gasteiger partial charge in [0.15, 0.2) is 4.75 Å². The Balaban J connectivity index is 1.90. The SMILES string of the molecule is CC(C)(c1ccc(N=CC(=NN)c2cc3ccccc3[nH]c2=O)cc1)[S+](C)(=O)O. The molecule has 0 saturated heterocycles. The molecular weight excluding hydrogens is 388 g/mol. The Morgan fingerprint density at radius 2 is 1.83 bits per heavy atom. The maximum Gasteiger partial charge on any atom is 0.258 e. The highest BCUT2D eigenvalue weighted by molar-refractivity contribution is 7.97. The van der Waals surface area contributed by atoms with Gasteiger partial charge in [-0.2, -0.15) is 9.65 Å². The number of aliphatic imine (C=N–C) groups is 1. The Hall–Kier alpha value is -3.10. The summed E-state index contributed by atoms with van der Waals surface area (Å²) in [7, 11) is -3.02. The Bertz CT molecular complexity index is 1200. The number of fused-ring (bicyclic) bond motifs is 1. The Labute approximate surface area is 169 Å². The van der Waals surface area contributed by atoms with E-state index in [1.165, 1.54) is 12.5 Å². The third-order valence-corrected chi connectivity index (χ3v) is 7.14. The molecule has 0 aliphatic rings. The first-order chi connectivity index (χ1) is 13.6. The summed E-state index contributed by atoms with van der Waals surface area (Å²) in [6, 6.07) is 16.1. The van der Waals surface area contributed by atoms with Gasteiger partial charge in [0.1, 0.15) is 12.0 Å². The largest absolute Gasteiger partial charge is 0.323 e. The molecule has 0 aliphatic heterocycles. The van der Waals surface area contributed by atoms with E-state index in [0.717, 1.165) is 16.5 Å². The molecule has 29 heavy (non-hydrogen) atoms. The smallest absolute Gasteiger partial charge is 0.258 e. The third-order valence-electron chi connectivity index (χ3n) is 5.01. The zero-order valence-electron chi connectivity index (χ0n) is 16.4. The molecule has 3 rings (SSSR count). The quantitative estimate of drug-likeness (QED) is 0.258. The van der Waals surface area contributed by atoms with E-state index in [1.807, 2.05) is 24.3 Å². The van der Waals surface area contributed by atoms with Gasteiger partial charge in [0.25, 0.3) is 5.56 Å². The minimum absolute atomic E-state index is 0.244. The van der Waals surface area contributed by atoms with Crippen LogP contribution < -0.4 is 11.4 Å². The van der Waals surface area contributed by atoms with Crippen LogP contribution >= 0.6 is 0 Å². The number of nitrogens with two attached hydrogens (primary N) is 1. The number of hydrazone groups is 1. The van der Waals surface area contributed by atoms with E-state index >= 15 is 0 Å². The van der Waals surface area contributed by atoms with Crippen LogP contribution in [-0.2, 0) is 19.2 Å². The zero-order valence-corrected chi connectivity index (χ0v) is 17.2. The van der Waals surface area contributed by atoms with E-state index in [4.69, 9.17) is 5.84 Å². The average Bonchev–Trinajstić information content (AvgIpc) is 2.68. The summed E-state index contributed by atoms with van der Waals surface area (Å²) in [4.78, 5) is 19.5. The monoisotopic (exact) mass is 411 g/mol. The molecule has 0 aliphatic carbocycles. The van der Waals surface area contributed by atoms with Gasteiger partial charge in [-0.1, -0.05) is 34.5 Å². The number of aromatic nitrogens is 1.